The third-order valence-corrected chi connectivity index (χ3v) is 9.54. The van der Waals surface area contributed by atoms with E-state index < -0.39 is 56.0 Å². The van der Waals surface area contributed by atoms with E-state index in [4.69, 9.17) is 18.5 Å². The fourth-order valence-corrected chi connectivity index (χ4v) is 6.61. The van der Waals surface area contributed by atoms with Crippen LogP contribution < -0.4 is 26.2 Å². The molecule has 51 heavy (non-hydrogen) atoms. The summed E-state index contributed by atoms with van der Waals surface area (Å²) in [6.45, 7) is 3.14. The van der Waals surface area contributed by atoms with Crippen molar-refractivity contribution in [3.05, 3.63) is 98.8 Å². The van der Waals surface area contributed by atoms with E-state index in [0.717, 1.165) is 42.2 Å². The lowest BCUT2D eigenvalue weighted by Gasteiger charge is -2.24. The number of ether oxygens (including phenoxy) is 2. The number of hydrogen-bond donors (Lipinski definition) is 4. The van der Waals surface area contributed by atoms with Gasteiger partial charge >= 0.3 is 19.4 Å². The molecule has 0 spiro atoms. The van der Waals surface area contributed by atoms with Crippen LogP contribution in [0.25, 0.3) is 0 Å². The molecule has 1 saturated heterocycles. The summed E-state index contributed by atoms with van der Waals surface area (Å²) in [6, 6.07) is 16.1. The normalized spacial score (nSPS) is 18.5. The highest BCUT2D eigenvalue weighted by Crippen LogP contribution is 2.46. The SMILES string of the molecule is CCCCCCCC(=O)NCC#Cc1cn(C2C[C@H](O)[C@@H](COP(=O)(N[C@@H](C)C(=O)OCc3ccccc3)Oc3ccccc3)O2)c(=O)[nH]c1=O. The van der Waals surface area contributed by atoms with Crippen molar-refractivity contribution in [1.82, 2.24) is 20.0 Å². The molecule has 15 heteroatoms. The monoisotopic (exact) mass is 724 g/mol. The van der Waals surface area contributed by atoms with Crippen LogP contribution in [0.1, 0.15) is 76.1 Å². The number of amides is 1. The number of unbranched alkanes of at least 4 members (excludes halogenated alkanes) is 4. The van der Waals surface area contributed by atoms with E-state index in [1.54, 1.807) is 42.5 Å². The number of hydrogen-bond acceptors (Lipinski definition) is 10. The Morgan fingerprint density at radius 3 is 2.51 bits per heavy atom. The Bertz CT molecular complexity index is 1810. The van der Waals surface area contributed by atoms with Gasteiger partial charge in [0.2, 0.25) is 5.91 Å². The Morgan fingerprint density at radius 2 is 1.78 bits per heavy atom. The second kappa shape index (κ2) is 19.8. The van der Waals surface area contributed by atoms with E-state index in [1.165, 1.54) is 13.1 Å². The number of aliphatic hydroxyl groups excluding tert-OH is 1. The third-order valence-electron chi connectivity index (χ3n) is 7.89. The van der Waals surface area contributed by atoms with Gasteiger partial charge in [-0.05, 0) is 31.0 Å². The minimum absolute atomic E-state index is 0.00707. The summed E-state index contributed by atoms with van der Waals surface area (Å²) in [4.78, 5) is 52.2. The number of aromatic amines is 1. The van der Waals surface area contributed by atoms with Gasteiger partial charge in [0.1, 0.15) is 36.3 Å². The van der Waals surface area contributed by atoms with E-state index in [9.17, 15) is 28.8 Å². The Balaban J connectivity index is 1.37. The minimum atomic E-state index is -4.28. The van der Waals surface area contributed by atoms with Gasteiger partial charge in [0.05, 0.1) is 19.3 Å². The highest BCUT2D eigenvalue weighted by Gasteiger charge is 2.39. The van der Waals surface area contributed by atoms with Crippen LogP contribution in [0.15, 0.2) is 76.4 Å². The molecule has 0 bridgehead atoms. The van der Waals surface area contributed by atoms with Crippen molar-refractivity contribution in [2.24, 2.45) is 0 Å². The lowest BCUT2D eigenvalue weighted by molar-refractivity contribution is -0.146. The van der Waals surface area contributed by atoms with Crippen LogP contribution in [0.3, 0.4) is 0 Å². The predicted molar refractivity (Wildman–Crippen MR) is 189 cm³/mol. The van der Waals surface area contributed by atoms with Gasteiger partial charge in [0.25, 0.3) is 5.56 Å². The summed E-state index contributed by atoms with van der Waals surface area (Å²) in [5, 5.41) is 16.1. The van der Waals surface area contributed by atoms with Crippen molar-refractivity contribution in [2.75, 3.05) is 13.2 Å². The highest BCUT2D eigenvalue weighted by molar-refractivity contribution is 7.52. The first-order valence-electron chi connectivity index (χ1n) is 17.0. The molecule has 1 aliphatic heterocycles. The van der Waals surface area contributed by atoms with Crippen molar-refractivity contribution in [3.63, 3.8) is 0 Å². The number of rotatable bonds is 18. The van der Waals surface area contributed by atoms with Crippen LogP contribution in [0.2, 0.25) is 0 Å². The molecule has 2 aromatic carbocycles. The second-order valence-corrected chi connectivity index (χ2v) is 13.7. The van der Waals surface area contributed by atoms with Gasteiger partial charge < -0.3 is 24.4 Å². The number of esters is 1. The first-order valence-corrected chi connectivity index (χ1v) is 18.5. The number of aromatic nitrogens is 2. The molecule has 14 nitrogen and oxygen atoms in total. The summed E-state index contributed by atoms with van der Waals surface area (Å²) in [6.07, 6.45) is 3.41. The summed E-state index contributed by atoms with van der Waals surface area (Å²) in [5.74, 6) is 4.75. The van der Waals surface area contributed by atoms with Crippen molar-refractivity contribution in [3.8, 4) is 17.6 Å². The predicted octanol–water partition coefficient (Wildman–Crippen LogP) is 3.94. The number of para-hydroxylation sites is 1. The average Bonchev–Trinajstić information content (AvgIpc) is 3.49. The summed E-state index contributed by atoms with van der Waals surface area (Å²) in [5.41, 5.74) is -0.776. The summed E-state index contributed by atoms with van der Waals surface area (Å²) >= 11 is 0. The molecule has 1 aromatic heterocycles. The molecule has 0 radical (unpaired) electrons. The quantitative estimate of drug-likeness (QED) is 0.0644. The van der Waals surface area contributed by atoms with Crippen LogP contribution >= 0.6 is 7.75 Å². The minimum Gasteiger partial charge on any atom is -0.460 e. The lowest BCUT2D eigenvalue weighted by atomic mass is 10.1. The van der Waals surface area contributed by atoms with Crippen molar-refractivity contribution < 1.29 is 37.8 Å². The Morgan fingerprint density at radius 1 is 1.08 bits per heavy atom. The number of aliphatic hydroxyl groups is 1. The van der Waals surface area contributed by atoms with Crippen LogP contribution in [0.5, 0.6) is 5.75 Å². The molecule has 2 unspecified atom stereocenters. The van der Waals surface area contributed by atoms with Gasteiger partial charge in [0.15, 0.2) is 0 Å². The van der Waals surface area contributed by atoms with E-state index in [2.05, 4.69) is 34.2 Å². The molecular weight excluding hydrogens is 679 g/mol. The average molecular weight is 725 g/mol. The van der Waals surface area contributed by atoms with Gasteiger partial charge in [-0.25, -0.2) is 9.36 Å². The fourth-order valence-electron chi connectivity index (χ4n) is 5.11. The lowest BCUT2D eigenvalue weighted by Crippen LogP contribution is -2.36. The van der Waals surface area contributed by atoms with Gasteiger partial charge in [-0.3, -0.25) is 28.5 Å². The van der Waals surface area contributed by atoms with Crippen molar-refractivity contribution >= 4 is 19.6 Å². The molecule has 1 amide bonds. The second-order valence-electron chi connectivity index (χ2n) is 12.0. The van der Waals surface area contributed by atoms with Gasteiger partial charge in [-0.2, -0.15) is 5.09 Å². The number of carbonyl (C=O) groups excluding carboxylic acids is 2. The van der Waals surface area contributed by atoms with Gasteiger partial charge in [0, 0.05) is 19.0 Å². The van der Waals surface area contributed by atoms with Crippen LogP contribution in [-0.4, -0.2) is 57.9 Å². The molecule has 274 valence electrons. The van der Waals surface area contributed by atoms with Crippen molar-refractivity contribution in [1.29, 1.82) is 0 Å². The zero-order valence-corrected chi connectivity index (χ0v) is 29.6. The first kappa shape index (κ1) is 39.3. The maximum Gasteiger partial charge on any atom is 0.459 e. The number of H-pyrrole nitrogens is 1. The molecule has 0 aliphatic carbocycles. The first-order chi connectivity index (χ1) is 24.6. The van der Waals surface area contributed by atoms with E-state index >= 15 is 0 Å². The Labute approximate surface area is 296 Å². The third kappa shape index (κ3) is 12.6. The number of carbonyl (C=O) groups is 2. The zero-order valence-electron chi connectivity index (χ0n) is 28.7. The number of nitrogens with one attached hydrogen (secondary N) is 3. The molecule has 5 atom stereocenters. The molecule has 2 heterocycles. The maximum atomic E-state index is 13.9. The number of nitrogens with zero attached hydrogens (tertiary/aromatic N) is 1. The van der Waals surface area contributed by atoms with Crippen LogP contribution in [0.4, 0.5) is 0 Å². The van der Waals surface area contributed by atoms with Crippen molar-refractivity contribution in [2.45, 2.75) is 89.9 Å². The van der Waals surface area contributed by atoms with Gasteiger partial charge in [-0.15, -0.1) is 0 Å². The molecule has 1 fully saturated rings. The molecule has 1 aliphatic rings. The summed E-state index contributed by atoms with van der Waals surface area (Å²) in [7, 11) is -4.28. The van der Waals surface area contributed by atoms with E-state index in [0.29, 0.717) is 6.42 Å². The standard InChI is InChI=1S/C36H45N4O10P/c1-3-4-5-6-13-20-32(42)37-21-14-17-28-23-40(36(45)38-34(28)43)33-22-30(41)31(49-33)25-48-51(46,50-29-18-11-8-12-19-29)39-26(2)35(44)47-24-27-15-9-7-10-16-27/h7-12,15-16,18-19,23,26,30-31,33,41H,3-6,13,20-22,24-25H2,1-2H3,(H,37,42)(H,39,46)(H,38,43,45)/t26-,30-,31+,33?,51?/m0/s1. The topological polar surface area (TPSA) is 187 Å². The van der Waals surface area contributed by atoms with Crippen LogP contribution in [0, 0.1) is 11.8 Å². The molecule has 4 rings (SSSR count). The summed E-state index contributed by atoms with van der Waals surface area (Å²) < 4.78 is 37.7. The molecule has 3 aromatic rings. The van der Waals surface area contributed by atoms with E-state index in [-0.39, 0.29) is 36.8 Å². The smallest absolute Gasteiger partial charge is 0.459 e. The zero-order chi connectivity index (χ0) is 36.6. The highest BCUT2D eigenvalue weighted by atomic mass is 31.2. The van der Waals surface area contributed by atoms with Crippen LogP contribution in [-0.2, 0) is 34.8 Å². The van der Waals surface area contributed by atoms with Gasteiger partial charge in [-0.1, -0.05) is 93.0 Å². The number of benzene rings is 2. The molecule has 0 saturated carbocycles. The molecule has 4 N–H and O–H groups in total. The Kier molecular flexibility index (Phi) is 15.2. The fraction of sp³-hybridized carbons (Fsp3) is 0.444. The largest absolute Gasteiger partial charge is 0.460 e. The maximum absolute atomic E-state index is 13.9. The Hall–Kier alpha value is -4.51. The van der Waals surface area contributed by atoms with E-state index in [1.807, 2.05) is 18.2 Å². The molecular formula is C36H45N4O10P.